The summed E-state index contributed by atoms with van der Waals surface area (Å²) in [7, 11) is 3.93. The molecule has 0 aromatic carbocycles. The van der Waals surface area contributed by atoms with Crippen LogP contribution >= 0.6 is 0 Å². The first-order chi connectivity index (χ1) is 8.07. The molecule has 0 aliphatic rings. The highest BCUT2D eigenvalue weighted by molar-refractivity contribution is 5.76. The van der Waals surface area contributed by atoms with Crippen molar-refractivity contribution in [1.82, 2.24) is 9.96 Å². The summed E-state index contributed by atoms with van der Waals surface area (Å²) in [6.45, 7) is 3.34. The normalized spacial score (nSPS) is 10.9. The quantitative estimate of drug-likeness (QED) is 0.438. The number of rotatable bonds is 10. The molecule has 0 heterocycles. The van der Waals surface area contributed by atoms with Gasteiger partial charge in [0.05, 0.1) is 0 Å². The molecule has 0 bridgehead atoms. The highest BCUT2D eigenvalue weighted by atomic mass is 16.5. The number of carbonyl (C=O) groups excluding carboxylic acids is 1. The zero-order valence-corrected chi connectivity index (χ0v) is 11.6. The van der Waals surface area contributed by atoms with Crippen LogP contribution in [0, 0.1) is 5.21 Å². The highest BCUT2D eigenvalue weighted by Gasteiger charge is 2.03. The van der Waals surface area contributed by atoms with Crippen molar-refractivity contribution in [3.8, 4) is 0 Å². The van der Waals surface area contributed by atoms with Gasteiger partial charge < -0.3 is 15.2 Å². The lowest BCUT2D eigenvalue weighted by molar-refractivity contribution is -0.128. The first kappa shape index (κ1) is 16.4. The topological polar surface area (TPSA) is 46.6 Å². The van der Waals surface area contributed by atoms with Crippen LogP contribution in [0.15, 0.2) is 0 Å². The maximum absolute atomic E-state index is 11.5. The van der Waals surface area contributed by atoms with Crippen molar-refractivity contribution in [3.05, 3.63) is 5.21 Å². The first-order valence-corrected chi connectivity index (χ1v) is 6.70. The fraction of sp³-hybridized carbons (Fsp3) is 0.923. The van der Waals surface area contributed by atoms with Gasteiger partial charge in [0, 0.05) is 13.0 Å². The van der Waals surface area contributed by atoms with Crippen molar-refractivity contribution in [2.75, 3.05) is 27.2 Å². The summed E-state index contributed by atoms with van der Waals surface area (Å²) in [4.78, 5) is 13.5. The molecule has 0 aliphatic carbocycles. The van der Waals surface area contributed by atoms with Crippen LogP contribution in [0.1, 0.15) is 51.9 Å². The number of amides is 1. The molecule has 0 spiro atoms. The SMILES string of the molecule is CCCCCCCC(=O)N([O-])CCCN(C)C. The molecule has 4 nitrogen and oxygen atoms in total. The number of hydrogen-bond donors (Lipinski definition) is 0. The Balaban J connectivity index is 3.47. The molecule has 0 unspecified atom stereocenters. The van der Waals surface area contributed by atoms with Gasteiger partial charge >= 0.3 is 0 Å². The summed E-state index contributed by atoms with van der Waals surface area (Å²) in [5.74, 6) is -0.250. The van der Waals surface area contributed by atoms with E-state index in [4.69, 9.17) is 0 Å². The van der Waals surface area contributed by atoms with E-state index in [1.165, 1.54) is 19.3 Å². The fourth-order valence-corrected chi connectivity index (χ4v) is 1.66. The van der Waals surface area contributed by atoms with Crippen molar-refractivity contribution >= 4 is 5.91 Å². The predicted molar refractivity (Wildman–Crippen MR) is 71.6 cm³/mol. The van der Waals surface area contributed by atoms with Gasteiger partial charge in [-0.15, -0.1) is 0 Å². The largest absolute Gasteiger partial charge is 0.756 e. The lowest BCUT2D eigenvalue weighted by Gasteiger charge is -2.28. The van der Waals surface area contributed by atoms with Crippen molar-refractivity contribution in [2.24, 2.45) is 0 Å². The van der Waals surface area contributed by atoms with Crippen LogP contribution in [-0.4, -0.2) is 43.1 Å². The number of nitrogens with zero attached hydrogens (tertiary/aromatic N) is 2. The van der Waals surface area contributed by atoms with Gasteiger partial charge in [-0.25, -0.2) is 0 Å². The molecular formula is C13H27N2O2-. The van der Waals surface area contributed by atoms with Gasteiger partial charge in [0.2, 0.25) is 5.91 Å². The van der Waals surface area contributed by atoms with Crippen LogP contribution in [-0.2, 0) is 4.79 Å². The van der Waals surface area contributed by atoms with Gasteiger partial charge in [0.1, 0.15) is 0 Å². The Bertz CT molecular complexity index is 196. The summed E-state index contributed by atoms with van der Waals surface area (Å²) < 4.78 is 0. The van der Waals surface area contributed by atoms with Gasteiger partial charge in [-0.2, -0.15) is 0 Å². The second kappa shape index (κ2) is 10.5. The second-order valence-electron chi connectivity index (χ2n) is 4.82. The minimum absolute atomic E-state index is 0.250. The molecule has 4 heteroatoms. The molecule has 0 saturated carbocycles. The Hall–Kier alpha value is -0.610. The summed E-state index contributed by atoms with van der Waals surface area (Å²) >= 11 is 0. The van der Waals surface area contributed by atoms with E-state index in [0.717, 1.165) is 25.8 Å². The van der Waals surface area contributed by atoms with E-state index in [0.29, 0.717) is 18.0 Å². The second-order valence-corrected chi connectivity index (χ2v) is 4.82. The summed E-state index contributed by atoms with van der Waals surface area (Å²) in [5.41, 5.74) is 0. The van der Waals surface area contributed by atoms with Crippen LogP contribution < -0.4 is 0 Å². The van der Waals surface area contributed by atoms with E-state index in [1.807, 2.05) is 19.0 Å². The van der Waals surface area contributed by atoms with E-state index >= 15 is 0 Å². The minimum atomic E-state index is -0.250. The Morgan fingerprint density at radius 2 is 1.65 bits per heavy atom. The average molecular weight is 243 g/mol. The van der Waals surface area contributed by atoms with Crippen LogP contribution in [0.3, 0.4) is 0 Å². The van der Waals surface area contributed by atoms with Crippen LogP contribution in [0.5, 0.6) is 0 Å². The smallest absolute Gasteiger partial charge is 0.212 e. The molecule has 102 valence electrons. The molecule has 0 N–H and O–H groups in total. The third-order valence-corrected chi connectivity index (χ3v) is 2.74. The van der Waals surface area contributed by atoms with Gasteiger partial charge in [0.25, 0.3) is 0 Å². The van der Waals surface area contributed by atoms with Crippen molar-refractivity contribution in [2.45, 2.75) is 51.9 Å². The van der Waals surface area contributed by atoms with Crippen molar-refractivity contribution < 1.29 is 4.79 Å². The molecular weight excluding hydrogens is 216 g/mol. The number of hydroxylamine groups is 2. The summed E-state index contributed by atoms with van der Waals surface area (Å²) in [6.07, 6.45) is 6.66. The fourth-order valence-electron chi connectivity index (χ4n) is 1.66. The van der Waals surface area contributed by atoms with Crippen molar-refractivity contribution in [1.29, 1.82) is 0 Å². The van der Waals surface area contributed by atoms with E-state index in [9.17, 15) is 10.0 Å². The monoisotopic (exact) mass is 243 g/mol. The molecule has 0 aliphatic heterocycles. The zero-order chi connectivity index (χ0) is 13.1. The summed E-state index contributed by atoms with van der Waals surface area (Å²) in [6, 6.07) is 0. The average Bonchev–Trinajstić information content (AvgIpc) is 2.27. The Morgan fingerprint density at radius 3 is 2.24 bits per heavy atom. The number of hydrogen-bond acceptors (Lipinski definition) is 3. The van der Waals surface area contributed by atoms with Crippen LogP contribution in [0.4, 0.5) is 0 Å². The molecule has 17 heavy (non-hydrogen) atoms. The molecule has 0 atom stereocenters. The molecule has 0 fully saturated rings. The maximum atomic E-state index is 11.5. The molecule has 1 amide bonds. The molecule has 0 rings (SSSR count). The molecule has 0 saturated heterocycles. The maximum Gasteiger partial charge on any atom is 0.212 e. The van der Waals surface area contributed by atoms with Crippen LogP contribution in [0.2, 0.25) is 0 Å². The first-order valence-electron chi connectivity index (χ1n) is 6.70. The van der Waals surface area contributed by atoms with Gasteiger partial charge in [-0.05, 0) is 33.5 Å². The van der Waals surface area contributed by atoms with E-state index in [2.05, 4.69) is 6.92 Å². The summed E-state index contributed by atoms with van der Waals surface area (Å²) in [5, 5.41) is 12.0. The standard InChI is InChI=1S/C13H27N2O2/c1-4-5-6-7-8-10-13(16)15(17)12-9-11-14(2)3/h4-12H2,1-3H3/q-1. The molecule has 0 aromatic heterocycles. The van der Waals surface area contributed by atoms with Gasteiger partial charge in [-0.1, -0.05) is 32.6 Å². The van der Waals surface area contributed by atoms with E-state index in [-0.39, 0.29) is 5.91 Å². The van der Waals surface area contributed by atoms with Crippen LogP contribution in [0.25, 0.3) is 0 Å². The lowest BCUT2D eigenvalue weighted by Crippen LogP contribution is -2.28. The lowest BCUT2D eigenvalue weighted by atomic mass is 10.1. The third-order valence-electron chi connectivity index (χ3n) is 2.74. The predicted octanol–water partition coefficient (Wildman–Crippen LogP) is 2.63. The number of unbranched alkanes of at least 4 members (excludes halogenated alkanes) is 4. The van der Waals surface area contributed by atoms with Gasteiger partial charge in [-0.3, -0.25) is 4.79 Å². The van der Waals surface area contributed by atoms with E-state index in [1.54, 1.807) is 0 Å². The molecule has 0 radical (unpaired) electrons. The van der Waals surface area contributed by atoms with E-state index < -0.39 is 0 Å². The zero-order valence-electron chi connectivity index (χ0n) is 11.6. The Morgan fingerprint density at radius 1 is 1.00 bits per heavy atom. The minimum Gasteiger partial charge on any atom is -0.756 e. The highest BCUT2D eigenvalue weighted by Crippen LogP contribution is 2.06. The van der Waals surface area contributed by atoms with Crippen molar-refractivity contribution in [3.63, 3.8) is 0 Å². The third kappa shape index (κ3) is 10.3. The number of carbonyl (C=O) groups is 1. The Kier molecular flexibility index (Phi) is 10.2. The Labute approximate surface area is 106 Å². The van der Waals surface area contributed by atoms with Gasteiger partial charge in [0.15, 0.2) is 0 Å². The molecule has 0 aromatic rings.